The lowest BCUT2D eigenvalue weighted by Gasteiger charge is -2.13. The molecule has 0 bridgehead atoms. The standard InChI is InChI=1S/C26H20ClN5O2S/c1-2-11-33-20-9-5-16(6-10-20)23-21(12-28)24(30)32-26(22(23)13-29)35-15-19-14-34-25(31-19)17-3-7-18(27)8-4-17/h3-10,14H,2,11,15H2,1H3,(H2,30,32). The normalized spacial score (nSPS) is 10.5. The molecule has 0 radical (unpaired) electrons. The average Bonchev–Trinajstić information content (AvgIpc) is 3.35. The van der Waals surface area contributed by atoms with Gasteiger partial charge in [-0.1, -0.05) is 42.4 Å². The third kappa shape index (κ3) is 5.41. The second-order valence-corrected chi connectivity index (χ2v) is 8.86. The lowest BCUT2D eigenvalue weighted by molar-refractivity contribution is 0.317. The number of nitrogens with zero attached hydrogens (tertiary/aromatic N) is 4. The maximum absolute atomic E-state index is 9.99. The first kappa shape index (κ1) is 24.2. The van der Waals surface area contributed by atoms with E-state index in [-0.39, 0.29) is 16.9 Å². The molecule has 2 aromatic heterocycles. The van der Waals surface area contributed by atoms with E-state index in [1.54, 1.807) is 18.4 Å². The molecule has 0 saturated heterocycles. The average molecular weight is 502 g/mol. The first-order chi connectivity index (χ1) is 17.0. The Bertz CT molecular complexity index is 1420. The first-order valence-electron chi connectivity index (χ1n) is 10.7. The quantitative estimate of drug-likeness (QED) is 0.273. The zero-order chi connectivity index (χ0) is 24.8. The molecule has 0 unspecified atom stereocenters. The molecule has 4 rings (SSSR count). The summed E-state index contributed by atoms with van der Waals surface area (Å²) < 4.78 is 11.2. The number of ether oxygens (including phenoxy) is 1. The largest absolute Gasteiger partial charge is 0.494 e. The van der Waals surface area contributed by atoms with E-state index in [0.29, 0.717) is 50.9 Å². The highest BCUT2D eigenvalue weighted by Crippen LogP contribution is 2.37. The smallest absolute Gasteiger partial charge is 0.226 e. The van der Waals surface area contributed by atoms with Crippen molar-refractivity contribution in [2.45, 2.75) is 24.1 Å². The number of aromatic nitrogens is 2. The monoisotopic (exact) mass is 501 g/mol. The molecule has 4 aromatic rings. The summed E-state index contributed by atoms with van der Waals surface area (Å²) >= 11 is 7.25. The van der Waals surface area contributed by atoms with Crippen LogP contribution in [0.1, 0.15) is 30.2 Å². The van der Waals surface area contributed by atoms with Crippen molar-refractivity contribution in [1.29, 1.82) is 10.5 Å². The van der Waals surface area contributed by atoms with E-state index in [4.69, 9.17) is 26.5 Å². The van der Waals surface area contributed by atoms with Gasteiger partial charge in [0.1, 0.15) is 40.6 Å². The predicted octanol–water partition coefficient (Wildman–Crippen LogP) is 6.46. The number of rotatable bonds is 8. The Morgan fingerprint density at radius 1 is 1.00 bits per heavy atom. The minimum Gasteiger partial charge on any atom is -0.494 e. The zero-order valence-electron chi connectivity index (χ0n) is 18.8. The number of nitrogens with two attached hydrogens (primary N) is 1. The lowest BCUT2D eigenvalue weighted by Crippen LogP contribution is -2.03. The molecule has 0 fully saturated rings. The molecule has 0 aliphatic rings. The number of hydrogen-bond acceptors (Lipinski definition) is 8. The summed E-state index contributed by atoms with van der Waals surface area (Å²) in [4.78, 5) is 8.86. The number of anilines is 1. The Balaban J connectivity index is 1.63. The van der Waals surface area contributed by atoms with Crippen LogP contribution in [0.25, 0.3) is 22.6 Å². The molecule has 2 aromatic carbocycles. The van der Waals surface area contributed by atoms with E-state index in [1.165, 1.54) is 11.8 Å². The third-order valence-electron chi connectivity index (χ3n) is 5.03. The second kappa shape index (κ2) is 11.0. The summed E-state index contributed by atoms with van der Waals surface area (Å²) in [6.07, 6.45) is 2.46. The van der Waals surface area contributed by atoms with Crippen LogP contribution in [0, 0.1) is 22.7 Å². The summed E-state index contributed by atoms with van der Waals surface area (Å²) in [7, 11) is 0. The maximum atomic E-state index is 9.99. The van der Waals surface area contributed by atoms with Crippen LogP contribution in [0.5, 0.6) is 5.75 Å². The second-order valence-electron chi connectivity index (χ2n) is 7.46. The number of benzene rings is 2. The summed E-state index contributed by atoms with van der Waals surface area (Å²) in [5.74, 6) is 1.65. The Morgan fingerprint density at radius 3 is 2.34 bits per heavy atom. The van der Waals surface area contributed by atoms with Crippen molar-refractivity contribution in [2.75, 3.05) is 12.3 Å². The Labute approximate surface area is 212 Å². The summed E-state index contributed by atoms with van der Waals surface area (Å²) in [6.45, 7) is 2.64. The SMILES string of the molecule is CCCOc1ccc(-c2c(C#N)c(N)nc(SCc3coc(-c4ccc(Cl)cc4)n3)c2C#N)cc1. The maximum Gasteiger partial charge on any atom is 0.226 e. The van der Waals surface area contributed by atoms with Gasteiger partial charge < -0.3 is 14.9 Å². The molecule has 0 atom stereocenters. The molecular weight excluding hydrogens is 482 g/mol. The minimum atomic E-state index is 0.0670. The highest BCUT2D eigenvalue weighted by Gasteiger charge is 2.21. The van der Waals surface area contributed by atoms with Crippen LogP contribution in [-0.4, -0.2) is 16.6 Å². The Kier molecular flexibility index (Phi) is 7.57. The fourth-order valence-electron chi connectivity index (χ4n) is 3.37. The molecule has 0 amide bonds. The minimum absolute atomic E-state index is 0.0670. The van der Waals surface area contributed by atoms with Gasteiger partial charge in [0, 0.05) is 21.9 Å². The topological polar surface area (TPSA) is 122 Å². The van der Waals surface area contributed by atoms with Crippen molar-refractivity contribution in [3.8, 4) is 40.5 Å². The van der Waals surface area contributed by atoms with Crippen molar-refractivity contribution in [3.05, 3.63) is 76.6 Å². The van der Waals surface area contributed by atoms with Crippen molar-refractivity contribution in [3.63, 3.8) is 0 Å². The van der Waals surface area contributed by atoms with Crippen molar-refractivity contribution in [2.24, 2.45) is 0 Å². The molecular formula is C26H20ClN5O2S. The first-order valence-corrected chi connectivity index (χ1v) is 12.1. The van der Waals surface area contributed by atoms with E-state index in [0.717, 1.165) is 12.0 Å². The van der Waals surface area contributed by atoms with Gasteiger partial charge in [0.05, 0.1) is 17.9 Å². The van der Waals surface area contributed by atoms with E-state index in [2.05, 4.69) is 22.1 Å². The van der Waals surface area contributed by atoms with Crippen molar-refractivity contribution in [1.82, 2.24) is 9.97 Å². The van der Waals surface area contributed by atoms with Gasteiger partial charge in [-0.15, -0.1) is 0 Å². The van der Waals surface area contributed by atoms with E-state index >= 15 is 0 Å². The van der Waals surface area contributed by atoms with Crippen LogP contribution < -0.4 is 10.5 Å². The molecule has 174 valence electrons. The molecule has 9 heteroatoms. The predicted molar refractivity (Wildman–Crippen MR) is 136 cm³/mol. The molecule has 2 heterocycles. The van der Waals surface area contributed by atoms with Crippen LogP contribution in [0.4, 0.5) is 5.82 Å². The van der Waals surface area contributed by atoms with Crippen LogP contribution in [0.2, 0.25) is 5.02 Å². The number of oxazole rings is 1. The molecule has 0 aliphatic heterocycles. The van der Waals surface area contributed by atoms with Crippen LogP contribution >= 0.6 is 23.4 Å². The van der Waals surface area contributed by atoms with Crippen LogP contribution in [-0.2, 0) is 5.75 Å². The van der Waals surface area contributed by atoms with Gasteiger partial charge in [0.15, 0.2) is 0 Å². The van der Waals surface area contributed by atoms with Gasteiger partial charge in [0.25, 0.3) is 0 Å². The van der Waals surface area contributed by atoms with E-state index in [9.17, 15) is 10.5 Å². The Hall–Kier alpha value is -3.98. The zero-order valence-corrected chi connectivity index (χ0v) is 20.4. The van der Waals surface area contributed by atoms with Gasteiger partial charge in [-0.2, -0.15) is 10.5 Å². The molecule has 0 spiro atoms. The molecule has 2 N–H and O–H groups in total. The van der Waals surface area contributed by atoms with E-state index in [1.807, 2.05) is 43.3 Å². The van der Waals surface area contributed by atoms with Crippen LogP contribution in [0.15, 0.2) is 64.2 Å². The number of thioether (sulfide) groups is 1. The highest BCUT2D eigenvalue weighted by molar-refractivity contribution is 7.98. The number of hydrogen-bond donors (Lipinski definition) is 1. The number of halogens is 1. The number of nitriles is 2. The fraction of sp³-hybridized carbons (Fsp3) is 0.154. The number of pyridine rings is 1. The van der Waals surface area contributed by atoms with E-state index < -0.39 is 0 Å². The van der Waals surface area contributed by atoms with Gasteiger partial charge in [-0.3, -0.25) is 0 Å². The van der Waals surface area contributed by atoms with Gasteiger partial charge in [-0.25, -0.2) is 9.97 Å². The van der Waals surface area contributed by atoms with Gasteiger partial charge >= 0.3 is 0 Å². The molecule has 35 heavy (non-hydrogen) atoms. The Morgan fingerprint density at radius 2 is 1.69 bits per heavy atom. The highest BCUT2D eigenvalue weighted by atomic mass is 35.5. The summed E-state index contributed by atoms with van der Waals surface area (Å²) in [6, 6.07) is 18.7. The summed E-state index contributed by atoms with van der Waals surface area (Å²) in [5, 5.41) is 20.8. The van der Waals surface area contributed by atoms with Crippen LogP contribution in [0.3, 0.4) is 0 Å². The molecule has 7 nitrogen and oxygen atoms in total. The van der Waals surface area contributed by atoms with Crippen molar-refractivity contribution < 1.29 is 9.15 Å². The van der Waals surface area contributed by atoms with Crippen molar-refractivity contribution >= 4 is 29.2 Å². The van der Waals surface area contributed by atoms with Gasteiger partial charge in [-0.05, 0) is 48.4 Å². The fourth-order valence-corrected chi connectivity index (χ4v) is 4.37. The molecule has 0 saturated carbocycles. The van der Waals surface area contributed by atoms with Gasteiger partial charge in [0.2, 0.25) is 5.89 Å². The number of nitrogen functional groups attached to an aromatic ring is 1. The molecule has 0 aliphatic carbocycles. The third-order valence-corrected chi connectivity index (χ3v) is 6.29. The lowest BCUT2D eigenvalue weighted by atomic mass is 9.97. The summed E-state index contributed by atoms with van der Waals surface area (Å²) in [5.41, 5.74) is 9.19.